The maximum Gasteiger partial charge on any atom is 0.315 e. The Morgan fingerprint density at radius 3 is 2.30 bits per heavy atom. The molecule has 4 rings (SSSR count). The number of Topliss-reactive ketones (excluding diaryl/α,β-unsaturated/α-hetero) is 1. The first-order valence-corrected chi connectivity index (χ1v) is 17.5. The number of terminal acetylenes is 1. The number of urea groups is 1. The number of thiophene rings is 1. The Kier molecular flexibility index (Phi) is 10.9. The molecule has 10 nitrogen and oxygen atoms in total. The summed E-state index contributed by atoms with van der Waals surface area (Å²) in [7, 11) is 0. The van der Waals surface area contributed by atoms with Crippen molar-refractivity contribution in [2.24, 2.45) is 28.4 Å². The van der Waals surface area contributed by atoms with Crippen LogP contribution in [0.25, 0.3) is 0 Å². The second-order valence-corrected chi connectivity index (χ2v) is 16.1. The molecule has 0 spiro atoms. The van der Waals surface area contributed by atoms with Gasteiger partial charge in [-0.3, -0.25) is 19.2 Å². The van der Waals surface area contributed by atoms with Gasteiger partial charge in [-0.1, -0.05) is 52.9 Å². The Hall–Kier alpha value is -3.39. The highest BCUT2D eigenvalue weighted by Gasteiger charge is 2.49. The van der Waals surface area contributed by atoms with E-state index in [1.165, 1.54) is 10.5 Å². The minimum Gasteiger partial charge on any atom is -0.363 e. The molecular weight excluding hydrogens is 602 g/mol. The predicted molar refractivity (Wildman–Crippen MR) is 178 cm³/mol. The number of hydrogen-bond donors (Lipinski definition) is 4. The van der Waals surface area contributed by atoms with Crippen LogP contribution in [0.1, 0.15) is 98.0 Å². The van der Waals surface area contributed by atoms with E-state index in [1.54, 1.807) is 11.3 Å². The van der Waals surface area contributed by atoms with E-state index in [2.05, 4.69) is 33.3 Å². The number of nitrogens with zero attached hydrogens (tertiary/aromatic N) is 1. The molecule has 1 saturated heterocycles. The molecule has 0 aromatic carbocycles. The van der Waals surface area contributed by atoms with E-state index in [0.717, 1.165) is 51.4 Å². The van der Waals surface area contributed by atoms with E-state index in [-0.39, 0.29) is 24.8 Å². The molecule has 1 aromatic rings. The lowest BCUT2D eigenvalue weighted by Gasteiger charge is -2.40. The lowest BCUT2D eigenvalue weighted by atomic mass is 9.78. The quantitative estimate of drug-likeness (QED) is 0.199. The van der Waals surface area contributed by atoms with E-state index in [9.17, 15) is 24.0 Å². The number of nitrogens with one attached hydrogen (secondary N) is 3. The molecule has 2 saturated carbocycles. The van der Waals surface area contributed by atoms with Gasteiger partial charge in [-0.2, -0.15) is 11.3 Å². The SMILES string of the molecule is C#CC(C)(C)[C@@H]1C[C@@H](C(=O)NC(CC2CC2)C(=O)C(N)=O)N(C(=O)[C@@H](NC(=O)NC2(Cc3ccsc3)CCCCC2)C(C)(C)C)C1. The summed E-state index contributed by atoms with van der Waals surface area (Å²) >= 11 is 1.63. The van der Waals surface area contributed by atoms with Crippen molar-refractivity contribution in [3.63, 3.8) is 0 Å². The van der Waals surface area contributed by atoms with Crippen LogP contribution in [0.3, 0.4) is 0 Å². The van der Waals surface area contributed by atoms with Crippen molar-refractivity contribution in [3.8, 4) is 12.3 Å². The highest BCUT2D eigenvalue weighted by Crippen LogP contribution is 2.39. The Balaban J connectivity index is 1.56. The van der Waals surface area contributed by atoms with Gasteiger partial charge >= 0.3 is 6.03 Å². The topological polar surface area (TPSA) is 151 Å². The third kappa shape index (κ3) is 8.69. The second kappa shape index (κ2) is 14.2. The maximum atomic E-state index is 14.5. The summed E-state index contributed by atoms with van der Waals surface area (Å²) in [6.45, 7) is 9.64. The zero-order chi connectivity index (χ0) is 33.9. The average Bonchev–Trinajstić information content (AvgIpc) is 3.44. The van der Waals surface area contributed by atoms with Crippen molar-refractivity contribution < 1.29 is 24.0 Å². The lowest BCUT2D eigenvalue weighted by Crippen LogP contribution is -2.62. The van der Waals surface area contributed by atoms with E-state index in [0.29, 0.717) is 6.42 Å². The van der Waals surface area contributed by atoms with Crippen LogP contribution in [0.15, 0.2) is 16.8 Å². The van der Waals surface area contributed by atoms with Gasteiger partial charge in [0.15, 0.2) is 0 Å². The minimum absolute atomic E-state index is 0.211. The molecule has 5 amide bonds. The number of carbonyl (C=O) groups is 5. The van der Waals surface area contributed by atoms with Gasteiger partial charge in [0.2, 0.25) is 17.6 Å². The summed E-state index contributed by atoms with van der Waals surface area (Å²) in [5.74, 6) is -0.0393. The highest BCUT2D eigenvalue weighted by molar-refractivity contribution is 7.07. The molecule has 1 aromatic heterocycles. The maximum absolute atomic E-state index is 14.5. The van der Waals surface area contributed by atoms with Crippen LogP contribution >= 0.6 is 11.3 Å². The first-order chi connectivity index (χ1) is 21.5. The van der Waals surface area contributed by atoms with Gasteiger partial charge in [-0.15, -0.1) is 12.3 Å². The fourth-order valence-electron chi connectivity index (χ4n) is 6.91. The van der Waals surface area contributed by atoms with E-state index >= 15 is 0 Å². The van der Waals surface area contributed by atoms with Crippen LogP contribution in [0, 0.1) is 35.0 Å². The molecule has 0 bridgehead atoms. The average molecular weight is 654 g/mol. The second-order valence-electron chi connectivity index (χ2n) is 15.3. The number of amides is 5. The summed E-state index contributed by atoms with van der Waals surface area (Å²) in [4.78, 5) is 68.0. The number of carbonyl (C=O) groups excluding carboxylic acids is 5. The lowest BCUT2D eigenvalue weighted by molar-refractivity contribution is -0.143. The van der Waals surface area contributed by atoms with Crippen LogP contribution in [0.4, 0.5) is 4.79 Å². The highest BCUT2D eigenvalue weighted by atomic mass is 32.1. The van der Waals surface area contributed by atoms with E-state index < -0.39 is 64.0 Å². The van der Waals surface area contributed by atoms with Crippen molar-refractivity contribution in [1.29, 1.82) is 0 Å². The number of likely N-dealkylation sites (tertiary alicyclic amines) is 1. The third-order valence-corrected chi connectivity index (χ3v) is 10.9. The number of primary amides is 1. The summed E-state index contributed by atoms with van der Waals surface area (Å²) in [6, 6.07) is -1.27. The van der Waals surface area contributed by atoms with Gasteiger partial charge in [0.25, 0.3) is 5.91 Å². The molecule has 11 heteroatoms. The van der Waals surface area contributed by atoms with Crippen LogP contribution in [0.2, 0.25) is 0 Å². The van der Waals surface area contributed by atoms with Gasteiger partial charge in [-0.25, -0.2) is 4.79 Å². The Morgan fingerprint density at radius 2 is 1.76 bits per heavy atom. The summed E-state index contributed by atoms with van der Waals surface area (Å²) in [5.41, 5.74) is 4.76. The first kappa shape index (κ1) is 35.5. The van der Waals surface area contributed by atoms with Crippen molar-refractivity contribution in [2.45, 2.75) is 122 Å². The predicted octanol–water partition coefficient (Wildman–Crippen LogP) is 3.92. The first-order valence-electron chi connectivity index (χ1n) is 16.6. The smallest absolute Gasteiger partial charge is 0.315 e. The Morgan fingerprint density at radius 1 is 1.09 bits per heavy atom. The third-order valence-electron chi connectivity index (χ3n) is 10.1. The van der Waals surface area contributed by atoms with E-state index in [4.69, 9.17) is 12.2 Å². The number of ketones is 1. The molecule has 4 atom stereocenters. The van der Waals surface area contributed by atoms with Crippen molar-refractivity contribution in [2.75, 3.05) is 6.54 Å². The van der Waals surface area contributed by atoms with Crippen molar-refractivity contribution in [3.05, 3.63) is 22.4 Å². The van der Waals surface area contributed by atoms with Gasteiger partial charge in [0.1, 0.15) is 12.1 Å². The van der Waals surface area contributed by atoms with Gasteiger partial charge in [0.05, 0.1) is 6.04 Å². The molecule has 252 valence electrons. The molecule has 1 aliphatic heterocycles. The zero-order valence-corrected chi connectivity index (χ0v) is 28.8. The number of nitrogens with two attached hydrogens (primary N) is 1. The fraction of sp³-hybridized carbons (Fsp3) is 0.686. The van der Waals surface area contributed by atoms with Crippen LogP contribution in [-0.4, -0.2) is 64.6 Å². The van der Waals surface area contributed by atoms with Crippen molar-refractivity contribution >= 4 is 40.9 Å². The summed E-state index contributed by atoms with van der Waals surface area (Å²) < 4.78 is 0. The summed E-state index contributed by atoms with van der Waals surface area (Å²) in [5, 5.41) is 13.2. The standard InChI is InChI=1S/C35H51N5O5S/c1-7-34(5,6)24-18-26(30(43)37-25(17-22-11-12-22)27(41)29(36)42)40(20-24)31(44)28(33(2,3)4)38-32(45)39-35(14-9-8-10-15-35)19-23-13-16-46-21-23/h1,13,16,21-22,24-26,28H,8-12,14-15,17-20H2,2-6H3,(H2,36,42)(H,37,43)(H2,38,39,45)/t24-,25?,26+,28-/m1/s1. The van der Waals surface area contributed by atoms with Gasteiger partial charge in [0, 0.05) is 17.5 Å². The molecular formula is C35H51N5O5S. The molecule has 3 aliphatic rings. The zero-order valence-electron chi connectivity index (χ0n) is 27.9. The molecule has 46 heavy (non-hydrogen) atoms. The minimum atomic E-state index is -1.10. The Labute approximate surface area is 277 Å². The molecule has 3 fully saturated rings. The van der Waals surface area contributed by atoms with Crippen molar-refractivity contribution in [1.82, 2.24) is 20.9 Å². The summed E-state index contributed by atoms with van der Waals surface area (Å²) in [6.07, 6.45) is 13.9. The monoisotopic (exact) mass is 653 g/mol. The fourth-order valence-corrected chi connectivity index (χ4v) is 7.58. The van der Waals surface area contributed by atoms with E-state index in [1.807, 2.05) is 40.0 Å². The largest absolute Gasteiger partial charge is 0.363 e. The van der Waals surface area contributed by atoms with Crippen LogP contribution in [-0.2, 0) is 25.6 Å². The molecule has 5 N–H and O–H groups in total. The molecule has 1 unspecified atom stereocenters. The molecule has 0 radical (unpaired) electrons. The number of rotatable bonds is 12. The molecule has 2 heterocycles. The Bertz CT molecular complexity index is 1330. The van der Waals surface area contributed by atoms with Crippen LogP contribution in [0.5, 0.6) is 0 Å². The normalized spacial score (nSPS) is 22.7. The van der Waals surface area contributed by atoms with Gasteiger partial charge in [-0.05, 0) is 85.6 Å². The van der Waals surface area contributed by atoms with Crippen LogP contribution < -0.4 is 21.7 Å². The molecule has 2 aliphatic carbocycles. The van der Waals surface area contributed by atoms with Gasteiger partial charge < -0.3 is 26.6 Å². The number of hydrogen-bond acceptors (Lipinski definition) is 6.